The van der Waals surface area contributed by atoms with Crippen molar-refractivity contribution in [2.24, 2.45) is 16.1 Å². The summed E-state index contributed by atoms with van der Waals surface area (Å²) >= 11 is 10.3. The van der Waals surface area contributed by atoms with Gasteiger partial charge in [0.1, 0.15) is 47.1 Å². The minimum absolute atomic E-state index is 0.173. The first-order chi connectivity index (χ1) is 37.0. The fourth-order valence-electron chi connectivity index (χ4n) is 9.41. The molecule has 0 saturated carbocycles. The van der Waals surface area contributed by atoms with Gasteiger partial charge in [-0.2, -0.15) is 0 Å². The van der Waals surface area contributed by atoms with Gasteiger partial charge in [0.25, 0.3) is 0 Å². The molecule has 0 bridgehead atoms. The average Bonchev–Trinajstić information content (AvgIpc) is 4.24. The molecule has 3 aliphatic rings. The first-order valence-electron chi connectivity index (χ1n) is 25.1. The highest BCUT2D eigenvalue weighted by Gasteiger charge is 2.45. The second kappa shape index (κ2) is 23.9. The summed E-state index contributed by atoms with van der Waals surface area (Å²) in [5.74, 6) is -5.86. The number of hydrogen-bond donors (Lipinski definition) is 8. The average molecular weight is 1140 g/mol. The van der Waals surface area contributed by atoms with Crippen LogP contribution >= 0.6 is 46.0 Å². The number of aryl methyl sites for hydroxylation is 3. The lowest BCUT2D eigenvalue weighted by Gasteiger charge is -2.35. The lowest BCUT2D eigenvalue weighted by Crippen LogP contribution is -2.58. The number of nitrogens with one attached hydrogen (secondary N) is 6. The number of carbonyl (C=O) groups excluding carboxylic acids is 8. The van der Waals surface area contributed by atoms with Gasteiger partial charge < -0.3 is 47.6 Å². The molecule has 3 aromatic heterocycles. The number of rotatable bonds is 8. The van der Waals surface area contributed by atoms with E-state index in [1.165, 1.54) is 27.6 Å². The number of halogens is 1. The molecule has 2 saturated heterocycles. The van der Waals surface area contributed by atoms with E-state index in [9.17, 15) is 43.5 Å². The van der Waals surface area contributed by atoms with Gasteiger partial charge in [0.2, 0.25) is 47.3 Å². The van der Waals surface area contributed by atoms with E-state index in [2.05, 4.69) is 42.1 Å². The van der Waals surface area contributed by atoms with Crippen LogP contribution in [0.5, 0.6) is 0 Å². The Balaban J connectivity index is 1.08. The third-order valence-corrected chi connectivity index (χ3v) is 17.2. The molecule has 0 aliphatic carbocycles. The maximum absolute atomic E-state index is 14.4. The van der Waals surface area contributed by atoms with Crippen molar-refractivity contribution in [3.63, 3.8) is 0 Å². The van der Waals surface area contributed by atoms with Crippen LogP contribution < -0.4 is 37.6 Å². The number of aliphatic imine (C=N–C) groups is 1. The molecular formula is C53H61ClN12O9S3. The Kier molecular flexibility index (Phi) is 17.6. The summed E-state index contributed by atoms with van der Waals surface area (Å²) in [5.41, 5.74) is 10.2. The highest BCUT2D eigenvalue weighted by molar-refractivity contribution is 8.00. The fourth-order valence-corrected chi connectivity index (χ4v) is 12.6. The monoisotopic (exact) mass is 1140 g/mol. The summed E-state index contributed by atoms with van der Waals surface area (Å²) in [4.78, 5) is 120. The molecule has 2 fully saturated rings. The number of aliphatic hydroxyl groups is 1. The van der Waals surface area contributed by atoms with E-state index in [4.69, 9.17) is 22.3 Å². The Hall–Kier alpha value is -6.99. The van der Waals surface area contributed by atoms with Gasteiger partial charge >= 0.3 is 0 Å². The second-order valence-corrected chi connectivity index (χ2v) is 24.1. The number of benzene rings is 2. The molecule has 8 amide bonds. The molecule has 78 heavy (non-hydrogen) atoms. The van der Waals surface area contributed by atoms with Crippen LogP contribution in [0.1, 0.15) is 90.0 Å². The zero-order valence-electron chi connectivity index (χ0n) is 43.9. The van der Waals surface area contributed by atoms with Crippen molar-refractivity contribution in [3.8, 4) is 15.4 Å². The van der Waals surface area contributed by atoms with Gasteiger partial charge in [0.05, 0.1) is 30.5 Å². The predicted molar refractivity (Wildman–Crippen MR) is 297 cm³/mol. The van der Waals surface area contributed by atoms with Crippen LogP contribution in [0.15, 0.2) is 65.0 Å². The summed E-state index contributed by atoms with van der Waals surface area (Å²) in [6, 6.07) is 8.26. The van der Waals surface area contributed by atoms with Crippen molar-refractivity contribution in [2.75, 3.05) is 31.1 Å². The van der Waals surface area contributed by atoms with Crippen molar-refractivity contribution in [1.82, 2.24) is 51.6 Å². The molecule has 8 rings (SSSR count). The smallest absolute Gasteiger partial charge is 0.247 e. The molecule has 9 N–H and O–H groups in total. The number of thioether (sulfide) groups is 1. The number of aliphatic hydroxyl groups excluding tert-OH is 1. The minimum Gasteiger partial charge on any atom is -0.391 e. The van der Waals surface area contributed by atoms with Crippen molar-refractivity contribution in [1.29, 1.82) is 0 Å². The second-order valence-electron chi connectivity index (χ2n) is 20.5. The Morgan fingerprint density at radius 2 is 1.58 bits per heavy atom. The molecule has 0 spiro atoms. The summed E-state index contributed by atoms with van der Waals surface area (Å²) in [7, 11) is 0. The normalized spacial score (nSPS) is 23.0. The Morgan fingerprint density at radius 3 is 2.24 bits per heavy atom. The maximum atomic E-state index is 14.4. The van der Waals surface area contributed by atoms with Gasteiger partial charge in [-0.3, -0.25) is 47.9 Å². The van der Waals surface area contributed by atoms with E-state index in [-0.39, 0.29) is 30.9 Å². The zero-order chi connectivity index (χ0) is 56.3. The Morgan fingerprint density at radius 1 is 0.872 bits per heavy atom. The first-order valence-corrected chi connectivity index (χ1v) is 28.3. The quantitative estimate of drug-likeness (QED) is 0.111. The van der Waals surface area contributed by atoms with Crippen LogP contribution in [0.3, 0.4) is 0 Å². The lowest BCUT2D eigenvalue weighted by atomic mass is 9.85. The van der Waals surface area contributed by atoms with E-state index >= 15 is 0 Å². The van der Waals surface area contributed by atoms with Gasteiger partial charge in [0.15, 0.2) is 5.82 Å². The number of hydrogen-bond acceptors (Lipinski definition) is 15. The SMILES string of the molecule is Cc1ccsc1-c1ccc([C@@H]2NC(=O)[C@@H]3C[C@@H](O)CN3C(=O)[C@H](C(C)(C)C)NC(=O)CSC[C@H](C(N)=O)NC(=O)[C@@H](CNC(=O)C[C@@H]3N=C(c4ccc(Cl)cc4)c4c(sc(C)c4C)-n4c(C)nnc43)NC(=O)CNC2=O)cc1. The molecule has 5 aromatic rings. The van der Waals surface area contributed by atoms with E-state index in [1.807, 2.05) is 48.9 Å². The van der Waals surface area contributed by atoms with E-state index in [1.54, 1.807) is 64.1 Å². The molecule has 412 valence electrons. The number of fused-ring (bicyclic) bond motifs is 4. The fraction of sp³-hybridized carbons (Fsp3) is 0.415. The van der Waals surface area contributed by atoms with E-state index < -0.39 is 108 Å². The Bertz CT molecular complexity index is 3190. The number of nitrogens with two attached hydrogens (primary N) is 1. The van der Waals surface area contributed by atoms with Crippen molar-refractivity contribution in [2.45, 2.75) is 104 Å². The standard InChI is InChI=1S/C53H61ClN12O9S3/c1-25-16-17-77-44(25)31-10-8-30(9-11-31)43-50(74)57-21-39(69)58-35(48(72)60-36(46(55)71)23-76-24-40(70)61-45(53(5,6)7)51(75)65-22-33(67)18-37(65)49(73)62-43)20-56-38(68)19-34-47-64-63-28(4)66(47)52-41(26(2)27(3)78-52)42(59-34)29-12-14-32(54)15-13-29/h8-17,33-37,43,45,67H,18-24H2,1-7H3,(H2,55,71)(H,56,68)(H,57,74)(H,58,69)(H,60,72)(H,61,70)(H,62,73)/t33-,34+,35-,36-,37+,43+,45-/m1/s1. The summed E-state index contributed by atoms with van der Waals surface area (Å²) < 4.78 is 1.88. The molecule has 21 nitrogen and oxygen atoms in total. The maximum Gasteiger partial charge on any atom is 0.247 e. The molecule has 6 heterocycles. The first kappa shape index (κ1) is 57.2. The van der Waals surface area contributed by atoms with Crippen molar-refractivity contribution >= 4 is 99.0 Å². The molecule has 25 heteroatoms. The third kappa shape index (κ3) is 12.8. The van der Waals surface area contributed by atoms with Gasteiger partial charge in [-0.05, 0) is 78.9 Å². The van der Waals surface area contributed by atoms with E-state index in [0.29, 0.717) is 27.9 Å². The van der Waals surface area contributed by atoms with Crippen LogP contribution in [0.2, 0.25) is 5.02 Å². The number of aromatic nitrogens is 3. The summed E-state index contributed by atoms with van der Waals surface area (Å²) in [6.07, 6.45) is -1.57. The molecule has 0 radical (unpaired) electrons. The van der Waals surface area contributed by atoms with Gasteiger partial charge in [0, 0.05) is 51.2 Å². The van der Waals surface area contributed by atoms with Crippen molar-refractivity contribution in [3.05, 3.63) is 109 Å². The van der Waals surface area contributed by atoms with Crippen LogP contribution in [-0.4, -0.2) is 139 Å². The largest absolute Gasteiger partial charge is 0.391 e. The number of thiophene rings is 2. The molecule has 0 unspecified atom stereocenters. The Labute approximate surface area is 467 Å². The molecule has 3 aliphatic heterocycles. The lowest BCUT2D eigenvalue weighted by molar-refractivity contribution is -0.144. The summed E-state index contributed by atoms with van der Waals surface area (Å²) in [6.45, 7) is 11.4. The predicted octanol–water partition coefficient (Wildman–Crippen LogP) is 3.01. The molecule has 2 aromatic carbocycles. The molecule has 7 atom stereocenters. The van der Waals surface area contributed by atoms with Crippen LogP contribution in [0.25, 0.3) is 15.4 Å². The van der Waals surface area contributed by atoms with Gasteiger partial charge in [-0.25, -0.2) is 0 Å². The number of nitrogens with zero attached hydrogens (tertiary/aromatic N) is 5. The number of carbonyl (C=O) groups is 8. The number of primary amides is 1. The van der Waals surface area contributed by atoms with Gasteiger partial charge in [-0.15, -0.1) is 44.6 Å². The van der Waals surface area contributed by atoms with Gasteiger partial charge in [-0.1, -0.05) is 68.8 Å². The highest BCUT2D eigenvalue weighted by atomic mass is 35.5. The highest BCUT2D eigenvalue weighted by Crippen LogP contribution is 2.40. The summed E-state index contributed by atoms with van der Waals surface area (Å²) in [5, 5.41) is 38.9. The van der Waals surface area contributed by atoms with E-state index in [0.717, 1.165) is 54.3 Å². The zero-order valence-corrected chi connectivity index (χ0v) is 47.1. The van der Waals surface area contributed by atoms with Crippen LogP contribution in [0, 0.1) is 33.1 Å². The topological polar surface area (TPSA) is 301 Å². The third-order valence-electron chi connectivity index (χ3n) is 13.7. The van der Waals surface area contributed by atoms with Crippen molar-refractivity contribution < 1.29 is 43.5 Å². The number of amides is 8. The minimum atomic E-state index is -1.57. The van der Waals surface area contributed by atoms with Crippen LogP contribution in [0.4, 0.5) is 0 Å². The van der Waals surface area contributed by atoms with Crippen LogP contribution in [-0.2, 0) is 38.4 Å². The molecular weight excluding hydrogens is 1080 g/mol.